The molecule has 0 aliphatic carbocycles. The topological polar surface area (TPSA) is 29.5 Å². The second-order valence-electron chi connectivity index (χ2n) is 3.62. The quantitative estimate of drug-likeness (QED) is 0.568. The van der Waals surface area contributed by atoms with Gasteiger partial charge in [0.2, 0.25) is 0 Å². The van der Waals surface area contributed by atoms with Crippen LogP contribution < -0.4 is 0 Å². The van der Waals surface area contributed by atoms with Crippen LogP contribution in [0.15, 0.2) is 0 Å². The Hall–Kier alpha value is -0.500. The van der Waals surface area contributed by atoms with E-state index < -0.39 is 31.5 Å². The molecule has 0 amide bonds. The van der Waals surface area contributed by atoms with Crippen molar-refractivity contribution in [3.63, 3.8) is 0 Å². The Morgan fingerprint density at radius 1 is 0.941 bits per heavy atom. The van der Waals surface area contributed by atoms with Crippen LogP contribution in [-0.4, -0.2) is 36.8 Å². The number of halogens is 6. The number of aliphatic hydroxyl groups excluding tert-OH is 1. The first kappa shape index (κ1) is 16.5. The normalized spacial score (nSPS) is 15.0. The molecule has 0 radical (unpaired) electrons. The fraction of sp³-hybridized carbons (Fsp3) is 1.00. The van der Waals surface area contributed by atoms with Gasteiger partial charge in [-0.3, -0.25) is 0 Å². The second-order valence-corrected chi connectivity index (χ2v) is 3.62. The van der Waals surface area contributed by atoms with Crippen molar-refractivity contribution in [3.8, 4) is 0 Å². The zero-order chi connectivity index (χ0) is 13.5. The Bertz CT molecular complexity index is 201. The number of ether oxygens (including phenoxy) is 1. The van der Waals surface area contributed by atoms with Gasteiger partial charge in [0.15, 0.2) is 0 Å². The Kier molecular flexibility index (Phi) is 6.84. The summed E-state index contributed by atoms with van der Waals surface area (Å²) in [6.07, 6.45) is -11.2. The van der Waals surface area contributed by atoms with Gasteiger partial charge in [0, 0.05) is 13.0 Å². The Labute approximate surface area is 94.6 Å². The monoisotopic (exact) mass is 268 g/mol. The third-order valence-electron chi connectivity index (χ3n) is 1.86. The molecule has 0 bridgehead atoms. The first-order valence-electron chi connectivity index (χ1n) is 4.99. The summed E-state index contributed by atoms with van der Waals surface area (Å²) in [5.74, 6) is 0. The molecule has 17 heavy (non-hydrogen) atoms. The molecule has 8 heteroatoms. The van der Waals surface area contributed by atoms with Crippen molar-refractivity contribution in [2.24, 2.45) is 0 Å². The largest absolute Gasteiger partial charge is 0.411 e. The van der Waals surface area contributed by atoms with E-state index in [1.807, 2.05) is 0 Å². The van der Waals surface area contributed by atoms with Gasteiger partial charge in [0.25, 0.3) is 0 Å². The van der Waals surface area contributed by atoms with Gasteiger partial charge >= 0.3 is 12.4 Å². The molecule has 0 saturated carbocycles. The molecular formula is C9H14F6O2. The molecule has 1 unspecified atom stereocenters. The van der Waals surface area contributed by atoms with E-state index >= 15 is 0 Å². The maximum absolute atomic E-state index is 11.7. The third kappa shape index (κ3) is 13.4. The van der Waals surface area contributed by atoms with Gasteiger partial charge < -0.3 is 9.84 Å². The summed E-state index contributed by atoms with van der Waals surface area (Å²) < 4.78 is 74.2. The highest BCUT2D eigenvalue weighted by molar-refractivity contribution is 4.59. The molecule has 0 aromatic rings. The van der Waals surface area contributed by atoms with Crippen molar-refractivity contribution in [3.05, 3.63) is 0 Å². The zero-order valence-electron chi connectivity index (χ0n) is 8.94. The van der Waals surface area contributed by atoms with E-state index in [9.17, 15) is 26.3 Å². The van der Waals surface area contributed by atoms with Crippen LogP contribution in [0.4, 0.5) is 26.3 Å². The Balaban J connectivity index is 3.44. The van der Waals surface area contributed by atoms with Gasteiger partial charge in [-0.05, 0) is 19.3 Å². The lowest BCUT2D eigenvalue weighted by Crippen LogP contribution is -2.19. The van der Waals surface area contributed by atoms with E-state index in [4.69, 9.17) is 5.11 Å². The highest BCUT2D eigenvalue weighted by Gasteiger charge is 2.28. The average molecular weight is 268 g/mol. The first-order chi connectivity index (χ1) is 7.60. The lowest BCUT2D eigenvalue weighted by Gasteiger charge is -2.12. The molecular weight excluding hydrogens is 254 g/mol. The van der Waals surface area contributed by atoms with Crippen molar-refractivity contribution in [1.82, 2.24) is 0 Å². The van der Waals surface area contributed by atoms with E-state index in [1.165, 1.54) is 0 Å². The van der Waals surface area contributed by atoms with Crippen LogP contribution in [0.25, 0.3) is 0 Å². The number of hydrogen-bond acceptors (Lipinski definition) is 2. The van der Waals surface area contributed by atoms with Crippen molar-refractivity contribution in [2.75, 3.05) is 13.2 Å². The van der Waals surface area contributed by atoms with Gasteiger partial charge in [0.1, 0.15) is 6.61 Å². The molecule has 1 N–H and O–H groups in total. The van der Waals surface area contributed by atoms with Gasteiger partial charge in [0.05, 0.1) is 6.10 Å². The molecule has 1 atom stereocenters. The molecule has 0 aromatic heterocycles. The summed E-state index contributed by atoms with van der Waals surface area (Å²) >= 11 is 0. The van der Waals surface area contributed by atoms with Gasteiger partial charge in [-0.15, -0.1) is 0 Å². The predicted molar refractivity (Wildman–Crippen MR) is 47.4 cm³/mol. The van der Waals surface area contributed by atoms with E-state index in [1.54, 1.807) is 0 Å². The van der Waals surface area contributed by atoms with Crippen molar-refractivity contribution in [1.29, 1.82) is 0 Å². The summed E-state index contributed by atoms with van der Waals surface area (Å²) in [6, 6.07) is 0. The van der Waals surface area contributed by atoms with Crippen molar-refractivity contribution < 1.29 is 36.2 Å². The molecule has 0 aliphatic heterocycles. The van der Waals surface area contributed by atoms with Gasteiger partial charge in [-0.25, -0.2) is 0 Å². The summed E-state index contributed by atoms with van der Waals surface area (Å²) in [5, 5.41) is 9.15. The molecule has 2 nitrogen and oxygen atoms in total. The highest BCUT2D eigenvalue weighted by atomic mass is 19.4. The fourth-order valence-electron chi connectivity index (χ4n) is 1.09. The van der Waals surface area contributed by atoms with Gasteiger partial charge in [-0.2, -0.15) is 26.3 Å². The summed E-state index contributed by atoms with van der Waals surface area (Å²) in [6.45, 7) is -1.74. The minimum Gasteiger partial charge on any atom is -0.393 e. The number of alkyl halides is 6. The van der Waals surface area contributed by atoms with E-state index in [0.717, 1.165) is 0 Å². The summed E-state index contributed by atoms with van der Waals surface area (Å²) in [7, 11) is 0. The second kappa shape index (κ2) is 7.05. The van der Waals surface area contributed by atoms with Crippen molar-refractivity contribution in [2.45, 2.75) is 44.1 Å². The SMILES string of the molecule is OC(CCCC(F)(F)F)CCOCC(F)(F)F. The maximum atomic E-state index is 11.7. The Morgan fingerprint density at radius 2 is 1.53 bits per heavy atom. The standard InChI is InChI=1S/C9H14F6O2/c10-8(11,12)4-1-2-7(16)3-5-17-6-9(13,14)15/h7,16H,1-6H2. The minimum atomic E-state index is -4.43. The zero-order valence-corrected chi connectivity index (χ0v) is 8.94. The van der Waals surface area contributed by atoms with Crippen LogP contribution in [0.5, 0.6) is 0 Å². The molecule has 0 aromatic carbocycles. The fourth-order valence-corrected chi connectivity index (χ4v) is 1.09. The number of hydrogen-bond donors (Lipinski definition) is 1. The first-order valence-corrected chi connectivity index (χ1v) is 4.99. The molecule has 0 rings (SSSR count). The number of rotatable bonds is 7. The molecule has 104 valence electrons. The molecule has 0 heterocycles. The predicted octanol–water partition coefficient (Wildman–Crippen LogP) is 3.05. The van der Waals surface area contributed by atoms with Crippen LogP contribution in [-0.2, 0) is 4.74 Å². The smallest absolute Gasteiger partial charge is 0.393 e. The maximum Gasteiger partial charge on any atom is 0.411 e. The summed E-state index contributed by atoms with van der Waals surface area (Å²) in [4.78, 5) is 0. The molecule has 0 fully saturated rings. The van der Waals surface area contributed by atoms with Crippen LogP contribution in [0.2, 0.25) is 0 Å². The van der Waals surface area contributed by atoms with Crippen LogP contribution in [0.3, 0.4) is 0 Å². The number of aliphatic hydroxyl groups is 1. The average Bonchev–Trinajstić information content (AvgIpc) is 2.09. The lowest BCUT2D eigenvalue weighted by atomic mass is 10.1. The van der Waals surface area contributed by atoms with Crippen LogP contribution in [0.1, 0.15) is 25.7 Å². The Morgan fingerprint density at radius 3 is 2.00 bits per heavy atom. The van der Waals surface area contributed by atoms with E-state index in [0.29, 0.717) is 0 Å². The minimum absolute atomic E-state index is 0.102. The van der Waals surface area contributed by atoms with E-state index in [2.05, 4.69) is 4.74 Å². The van der Waals surface area contributed by atoms with Crippen LogP contribution in [0, 0.1) is 0 Å². The third-order valence-corrected chi connectivity index (χ3v) is 1.86. The molecule has 0 aliphatic rings. The van der Waals surface area contributed by atoms with Gasteiger partial charge in [-0.1, -0.05) is 0 Å². The lowest BCUT2D eigenvalue weighted by molar-refractivity contribution is -0.175. The molecule has 0 saturated heterocycles. The summed E-state index contributed by atoms with van der Waals surface area (Å²) in [5.41, 5.74) is 0. The highest BCUT2D eigenvalue weighted by Crippen LogP contribution is 2.23. The van der Waals surface area contributed by atoms with E-state index in [-0.39, 0.29) is 25.9 Å². The van der Waals surface area contributed by atoms with Crippen molar-refractivity contribution >= 4 is 0 Å². The molecule has 0 spiro atoms. The van der Waals surface area contributed by atoms with Crippen LogP contribution >= 0.6 is 0 Å².